The van der Waals surface area contributed by atoms with E-state index in [1.165, 1.54) is 32.1 Å². The summed E-state index contributed by atoms with van der Waals surface area (Å²) in [5, 5.41) is 3.59. The van der Waals surface area contributed by atoms with Gasteiger partial charge in [0.1, 0.15) is 0 Å². The van der Waals surface area contributed by atoms with Crippen LogP contribution >= 0.6 is 0 Å². The highest BCUT2D eigenvalue weighted by Crippen LogP contribution is 2.22. The molecule has 0 saturated heterocycles. The van der Waals surface area contributed by atoms with Gasteiger partial charge in [-0.25, -0.2) is 0 Å². The Labute approximate surface area is 82.0 Å². The van der Waals surface area contributed by atoms with E-state index in [-0.39, 0.29) is 0 Å². The summed E-state index contributed by atoms with van der Waals surface area (Å²) in [6.45, 7) is 4.21. The average molecular weight is 185 g/mol. The van der Waals surface area contributed by atoms with Crippen molar-refractivity contribution in [2.24, 2.45) is 5.92 Å². The monoisotopic (exact) mass is 185 g/mol. The molecule has 0 amide bonds. The van der Waals surface area contributed by atoms with Gasteiger partial charge in [0.15, 0.2) is 0 Å². The molecule has 0 radical (unpaired) electrons. The van der Waals surface area contributed by atoms with Crippen LogP contribution in [0.1, 0.15) is 39.0 Å². The Morgan fingerprint density at radius 2 is 2.00 bits per heavy atom. The third kappa shape index (κ3) is 4.10. The van der Waals surface area contributed by atoms with Gasteiger partial charge in [-0.2, -0.15) is 0 Å². The first-order valence-corrected chi connectivity index (χ1v) is 5.57. The summed E-state index contributed by atoms with van der Waals surface area (Å²) in [5.41, 5.74) is 0. The zero-order chi connectivity index (χ0) is 9.52. The third-order valence-electron chi connectivity index (χ3n) is 3.07. The molecular formula is C11H23NO. The van der Waals surface area contributed by atoms with Crippen LogP contribution in [0.15, 0.2) is 0 Å². The van der Waals surface area contributed by atoms with Crippen molar-refractivity contribution in [3.63, 3.8) is 0 Å². The van der Waals surface area contributed by atoms with Gasteiger partial charge < -0.3 is 10.1 Å². The second-order valence-electron chi connectivity index (χ2n) is 4.17. The molecule has 13 heavy (non-hydrogen) atoms. The molecule has 0 aromatic rings. The van der Waals surface area contributed by atoms with E-state index in [0.717, 1.165) is 25.1 Å². The molecule has 0 aliphatic heterocycles. The zero-order valence-corrected chi connectivity index (χ0v) is 9.01. The lowest BCUT2D eigenvalue weighted by molar-refractivity contribution is 0.190. The SMILES string of the molecule is COCCNC1CCCCCC1C. The third-order valence-corrected chi connectivity index (χ3v) is 3.07. The van der Waals surface area contributed by atoms with E-state index < -0.39 is 0 Å². The van der Waals surface area contributed by atoms with Crippen molar-refractivity contribution in [1.29, 1.82) is 0 Å². The summed E-state index contributed by atoms with van der Waals surface area (Å²) in [6, 6.07) is 0.734. The summed E-state index contributed by atoms with van der Waals surface area (Å²) < 4.78 is 5.04. The molecule has 1 N–H and O–H groups in total. The van der Waals surface area contributed by atoms with Crippen molar-refractivity contribution in [1.82, 2.24) is 5.32 Å². The molecule has 0 bridgehead atoms. The van der Waals surface area contributed by atoms with Crippen molar-refractivity contribution in [3.8, 4) is 0 Å². The second-order valence-corrected chi connectivity index (χ2v) is 4.17. The van der Waals surface area contributed by atoms with Crippen LogP contribution in [-0.4, -0.2) is 26.3 Å². The Hall–Kier alpha value is -0.0800. The number of hydrogen-bond acceptors (Lipinski definition) is 2. The summed E-state index contributed by atoms with van der Waals surface area (Å²) in [5.74, 6) is 0.847. The molecule has 1 aliphatic rings. The topological polar surface area (TPSA) is 21.3 Å². The van der Waals surface area contributed by atoms with Gasteiger partial charge in [-0.1, -0.05) is 26.2 Å². The fourth-order valence-corrected chi connectivity index (χ4v) is 2.14. The number of methoxy groups -OCH3 is 1. The van der Waals surface area contributed by atoms with E-state index in [9.17, 15) is 0 Å². The molecular weight excluding hydrogens is 162 g/mol. The zero-order valence-electron chi connectivity index (χ0n) is 9.01. The first-order valence-electron chi connectivity index (χ1n) is 5.57. The minimum atomic E-state index is 0.734. The standard InChI is InChI=1S/C11H23NO/c1-10-6-4-3-5-7-11(10)12-8-9-13-2/h10-12H,3-9H2,1-2H3. The van der Waals surface area contributed by atoms with Crippen LogP contribution < -0.4 is 5.32 Å². The van der Waals surface area contributed by atoms with E-state index >= 15 is 0 Å². The van der Waals surface area contributed by atoms with Crippen molar-refractivity contribution in [2.75, 3.05) is 20.3 Å². The van der Waals surface area contributed by atoms with Gasteiger partial charge in [-0.3, -0.25) is 0 Å². The fraction of sp³-hybridized carbons (Fsp3) is 1.00. The Balaban J connectivity index is 2.19. The predicted molar refractivity (Wildman–Crippen MR) is 55.9 cm³/mol. The largest absolute Gasteiger partial charge is 0.383 e. The predicted octanol–water partition coefficient (Wildman–Crippen LogP) is 2.19. The van der Waals surface area contributed by atoms with Gasteiger partial charge >= 0.3 is 0 Å². The van der Waals surface area contributed by atoms with E-state index in [2.05, 4.69) is 12.2 Å². The van der Waals surface area contributed by atoms with Gasteiger partial charge in [-0.15, -0.1) is 0 Å². The summed E-state index contributed by atoms with van der Waals surface area (Å²) in [7, 11) is 1.76. The van der Waals surface area contributed by atoms with Crippen LogP contribution in [0, 0.1) is 5.92 Å². The minimum absolute atomic E-state index is 0.734. The van der Waals surface area contributed by atoms with Crippen LogP contribution in [0.5, 0.6) is 0 Å². The maximum Gasteiger partial charge on any atom is 0.0587 e. The summed E-state index contributed by atoms with van der Waals surface area (Å²) in [4.78, 5) is 0. The van der Waals surface area contributed by atoms with E-state index in [1.807, 2.05) is 0 Å². The number of rotatable bonds is 4. The molecule has 0 heterocycles. The van der Waals surface area contributed by atoms with E-state index in [4.69, 9.17) is 4.74 Å². The molecule has 2 nitrogen and oxygen atoms in total. The lowest BCUT2D eigenvalue weighted by Crippen LogP contribution is -2.36. The van der Waals surface area contributed by atoms with Gasteiger partial charge in [0, 0.05) is 19.7 Å². The maximum atomic E-state index is 5.04. The van der Waals surface area contributed by atoms with E-state index in [1.54, 1.807) is 7.11 Å². The smallest absolute Gasteiger partial charge is 0.0587 e. The van der Waals surface area contributed by atoms with Crippen LogP contribution in [0.3, 0.4) is 0 Å². The molecule has 2 unspecified atom stereocenters. The molecule has 1 aliphatic carbocycles. The van der Waals surface area contributed by atoms with Crippen LogP contribution in [-0.2, 0) is 4.74 Å². The van der Waals surface area contributed by atoms with Gasteiger partial charge in [0.2, 0.25) is 0 Å². The highest BCUT2D eigenvalue weighted by molar-refractivity contribution is 4.76. The second kappa shape index (κ2) is 6.39. The lowest BCUT2D eigenvalue weighted by atomic mass is 9.97. The van der Waals surface area contributed by atoms with Crippen molar-refractivity contribution in [2.45, 2.75) is 45.1 Å². The Morgan fingerprint density at radius 3 is 2.77 bits per heavy atom. The quantitative estimate of drug-likeness (QED) is 0.535. The highest BCUT2D eigenvalue weighted by Gasteiger charge is 2.18. The fourth-order valence-electron chi connectivity index (χ4n) is 2.14. The summed E-state index contributed by atoms with van der Waals surface area (Å²) in [6.07, 6.45) is 6.99. The summed E-state index contributed by atoms with van der Waals surface area (Å²) >= 11 is 0. The molecule has 2 atom stereocenters. The van der Waals surface area contributed by atoms with Crippen molar-refractivity contribution in [3.05, 3.63) is 0 Å². The normalized spacial score (nSPS) is 30.0. The Bertz CT molecular complexity index is 127. The Kier molecular flexibility index (Phi) is 5.40. The molecule has 1 rings (SSSR count). The van der Waals surface area contributed by atoms with Crippen molar-refractivity contribution >= 4 is 0 Å². The maximum absolute atomic E-state index is 5.04. The van der Waals surface area contributed by atoms with Crippen LogP contribution in [0.25, 0.3) is 0 Å². The molecule has 78 valence electrons. The molecule has 0 aromatic heterocycles. The molecule has 2 heteroatoms. The van der Waals surface area contributed by atoms with Crippen molar-refractivity contribution < 1.29 is 4.74 Å². The van der Waals surface area contributed by atoms with E-state index in [0.29, 0.717) is 0 Å². The molecule has 0 spiro atoms. The highest BCUT2D eigenvalue weighted by atomic mass is 16.5. The Morgan fingerprint density at radius 1 is 1.23 bits per heavy atom. The number of ether oxygens (including phenoxy) is 1. The first-order chi connectivity index (χ1) is 6.34. The minimum Gasteiger partial charge on any atom is -0.383 e. The first kappa shape index (κ1) is 11.0. The van der Waals surface area contributed by atoms with Crippen LogP contribution in [0.4, 0.5) is 0 Å². The van der Waals surface area contributed by atoms with Crippen LogP contribution in [0.2, 0.25) is 0 Å². The van der Waals surface area contributed by atoms with Gasteiger partial charge in [0.05, 0.1) is 6.61 Å². The average Bonchev–Trinajstić information content (AvgIpc) is 2.32. The van der Waals surface area contributed by atoms with Gasteiger partial charge in [0.25, 0.3) is 0 Å². The molecule has 1 fully saturated rings. The van der Waals surface area contributed by atoms with Gasteiger partial charge in [-0.05, 0) is 18.8 Å². The number of nitrogens with one attached hydrogen (secondary N) is 1. The number of hydrogen-bond donors (Lipinski definition) is 1. The lowest BCUT2D eigenvalue weighted by Gasteiger charge is -2.22. The molecule has 0 aromatic carbocycles. The molecule has 1 saturated carbocycles.